The highest BCUT2D eigenvalue weighted by molar-refractivity contribution is 6.36. The monoisotopic (exact) mass is 482 g/mol. The van der Waals surface area contributed by atoms with Gasteiger partial charge in [-0.1, -0.05) is 35.3 Å². The summed E-state index contributed by atoms with van der Waals surface area (Å²) in [6.45, 7) is 0.795. The number of amides is 1. The maximum Gasteiger partial charge on any atom is 0.226 e. The van der Waals surface area contributed by atoms with Gasteiger partial charge in [0.25, 0.3) is 0 Å². The summed E-state index contributed by atoms with van der Waals surface area (Å²) in [5.74, 6) is 0.145. The van der Waals surface area contributed by atoms with Gasteiger partial charge in [-0.3, -0.25) is 4.79 Å². The number of halogens is 2. The molecule has 2 unspecified atom stereocenters. The first-order valence-electron chi connectivity index (χ1n) is 11.5. The molecule has 0 bridgehead atoms. The molecule has 3 aromatic rings. The summed E-state index contributed by atoms with van der Waals surface area (Å²) in [6, 6.07) is 12.5. The molecule has 0 radical (unpaired) electrons. The molecule has 0 saturated carbocycles. The number of H-pyrrole nitrogens is 1. The van der Waals surface area contributed by atoms with Crippen LogP contribution in [-0.2, 0) is 24.1 Å². The van der Waals surface area contributed by atoms with E-state index in [9.17, 15) is 4.79 Å². The summed E-state index contributed by atoms with van der Waals surface area (Å²) >= 11 is 13.4. The minimum absolute atomic E-state index is 0.0756. The Morgan fingerprint density at radius 3 is 2.52 bits per heavy atom. The molecule has 2 heterocycles. The van der Waals surface area contributed by atoms with Gasteiger partial charge in [0.2, 0.25) is 5.91 Å². The summed E-state index contributed by atoms with van der Waals surface area (Å²) in [6.07, 6.45) is 5.93. The fraction of sp³-hybridized carbons (Fsp3) is 0.385. The molecule has 0 spiro atoms. The Morgan fingerprint density at radius 2 is 1.82 bits per heavy atom. The highest BCUT2D eigenvalue weighted by Gasteiger charge is 2.38. The zero-order valence-electron chi connectivity index (χ0n) is 18.9. The Bertz CT molecular complexity index is 1150. The molecule has 2 atom stereocenters. The van der Waals surface area contributed by atoms with E-state index in [1.54, 1.807) is 6.33 Å². The largest absolute Gasteiger partial charge is 0.378 e. The first kappa shape index (κ1) is 22.3. The summed E-state index contributed by atoms with van der Waals surface area (Å²) in [5, 5.41) is 1.25. The van der Waals surface area contributed by atoms with Crippen molar-refractivity contribution in [3.63, 3.8) is 0 Å². The summed E-state index contributed by atoms with van der Waals surface area (Å²) in [4.78, 5) is 25.0. The Morgan fingerprint density at radius 1 is 1.09 bits per heavy atom. The molecule has 1 fully saturated rings. The van der Waals surface area contributed by atoms with E-state index < -0.39 is 0 Å². The number of nitrogens with one attached hydrogen (secondary N) is 1. The van der Waals surface area contributed by atoms with Gasteiger partial charge in [-0.25, -0.2) is 4.98 Å². The fourth-order valence-corrected chi connectivity index (χ4v) is 5.77. The van der Waals surface area contributed by atoms with Gasteiger partial charge < -0.3 is 14.8 Å². The molecule has 172 valence electrons. The number of benzene rings is 2. The number of aryl methyl sites for hydroxylation is 1. The number of nitrogens with zero attached hydrogens (tertiary/aromatic N) is 3. The van der Waals surface area contributed by atoms with Crippen LogP contribution in [0.1, 0.15) is 29.8 Å². The van der Waals surface area contributed by atoms with Crippen LogP contribution in [-0.4, -0.2) is 47.5 Å². The number of hydrogen-bond acceptors (Lipinski definition) is 3. The molecule has 1 saturated heterocycles. The topological polar surface area (TPSA) is 52.2 Å². The Kier molecular flexibility index (Phi) is 6.11. The predicted octanol–water partition coefficient (Wildman–Crippen LogP) is 5.40. The van der Waals surface area contributed by atoms with Gasteiger partial charge in [0.1, 0.15) is 0 Å². The van der Waals surface area contributed by atoms with Crippen LogP contribution in [0.25, 0.3) is 11.1 Å². The second-order valence-electron chi connectivity index (χ2n) is 9.31. The normalized spacial score (nSPS) is 20.2. The number of aromatic amines is 1. The van der Waals surface area contributed by atoms with E-state index >= 15 is 0 Å². The molecule has 33 heavy (non-hydrogen) atoms. The van der Waals surface area contributed by atoms with Crippen molar-refractivity contribution in [2.45, 2.75) is 38.1 Å². The molecule has 2 aliphatic rings. The van der Waals surface area contributed by atoms with Crippen LogP contribution in [0.2, 0.25) is 10.0 Å². The van der Waals surface area contributed by atoms with E-state index in [0.29, 0.717) is 16.5 Å². The van der Waals surface area contributed by atoms with E-state index in [-0.39, 0.29) is 17.9 Å². The van der Waals surface area contributed by atoms with Crippen molar-refractivity contribution in [3.05, 3.63) is 69.7 Å². The SMILES string of the molecule is CN(C)c1ccc(-c2cc(Cl)c(CC3CCN(C4CCc5nc[nH]c5C4)C3=O)c(Cl)c2)cc1. The molecule has 1 amide bonds. The third-order valence-electron chi connectivity index (χ3n) is 7.06. The van der Waals surface area contributed by atoms with E-state index in [4.69, 9.17) is 23.2 Å². The number of carbonyl (C=O) groups excluding carboxylic acids is 1. The minimum atomic E-state index is -0.0756. The quantitative estimate of drug-likeness (QED) is 0.529. The third kappa shape index (κ3) is 4.36. The number of rotatable bonds is 5. The van der Waals surface area contributed by atoms with Gasteiger partial charge in [-0.15, -0.1) is 0 Å². The second kappa shape index (κ2) is 9.03. The number of likely N-dealkylation sites (tertiary alicyclic amines) is 1. The van der Waals surface area contributed by atoms with Crippen LogP contribution in [0.15, 0.2) is 42.7 Å². The van der Waals surface area contributed by atoms with Crippen molar-refractivity contribution in [1.82, 2.24) is 14.9 Å². The Hall–Kier alpha value is -2.50. The average molecular weight is 483 g/mol. The van der Waals surface area contributed by atoms with Crippen molar-refractivity contribution >= 4 is 34.8 Å². The Labute approximate surface area is 204 Å². The highest BCUT2D eigenvalue weighted by Crippen LogP contribution is 2.36. The fourth-order valence-electron chi connectivity index (χ4n) is 5.13. The zero-order valence-corrected chi connectivity index (χ0v) is 20.5. The molecule has 1 aliphatic carbocycles. The van der Waals surface area contributed by atoms with Crippen molar-refractivity contribution in [2.75, 3.05) is 25.5 Å². The van der Waals surface area contributed by atoms with Crippen LogP contribution in [0.4, 0.5) is 5.69 Å². The van der Waals surface area contributed by atoms with Crippen LogP contribution < -0.4 is 4.90 Å². The summed E-state index contributed by atoms with van der Waals surface area (Å²) in [7, 11) is 4.04. The number of anilines is 1. The van der Waals surface area contributed by atoms with Crippen molar-refractivity contribution in [2.24, 2.45) is 5.92 Å². The lowest BCUT2D eigenvalue weighted by atomic mass is 9.94. The predicted molar refractivity (Wildman–Crippen MR) is 134 cm³/mol. The molecule has 1 aromatic heterocycles. The molecule has 5 rings (SSSR count). The van der Waals surface area contributed by atoms with Gasteiger partial charge in [-0.05, 0) is 66.6 Å². The van der Waals surface area contributed by atoms with E-state index in [1.807, 2.05) is 26.2 Å². The number of hydrogen-bond donors (Lipinski definition) is 1. The van der Waals surface area contributed by atoms with Gasteiger partial charge in [0.05, 0.1) is 12.0 Å². The first-order valence-corrected chi connectivity index (χ1v) is 12.2. The summed E-state index contributed by atoms with van der Waals surface area (Å²) in [5.41, 5.74) is 6.36. The average Bonchev–Trinajstić information content (AvgIpc) is 3.42. The molecule has 1 aliphatic heterocycles. The van der Waals surface area contributed by atoms with E-state index in [0.717, 1.165) is 60.3 Å². The standard InChI is InChI=1S/C26H28Cl2N4O/c1-31(2)19-5-3-16(4-6-19)18-12-22(27)21(23(28)13-18)11-17-9-10-32(26(17)33)20-7-8-24-25(14-20)30-15-29-24/h3-6,12-13,15,17,20H,7-11,14H2,1-2H3,(H,29,30). The maximum atomic E-state index is 13.3. The van der Waals surface area contributed by atoms with E-state index in [2.05, 4.69) is 44.0 Å². The smallest absolute Gasteiger partial charge is 0.226 e. The molecular formula is C26H28Cl2N4O. The van der Waals surface area contributed by atoms with Crippen LogP contribution in [0.5, 0.6) is 0 Å². The molecule has 7 heteroatoms. The minimum Gasteiger partial charge on any atom is -0.378 e. The molecule has 1 N–H and O–H groups in total. The van der Waals surface area contributed by atoms with Crippen molar-refractivity contribution in [1.29, 1.82) is 0 Å². The Balaban J connectivity index is 1.30. The molecule has 2 aromatic carbocycles. The van der Waals surface area contributed by atoms with Crippen LogP contribution in [0.3, 0.4) is 0 Å². The summed E-state index contributed by atoms with van der Waals surface area (Å²) < 4.78 is 0. The number of imidazole rings is 1. The van der Waals surface area contributed by atoms with Crippen molar-refractivity contribution in [3.8, 4) is 11.1 Å². The van der Waals surface area contributed by atoms with Crippen LogP contribution >= 0.6 is 23.2 Å². The lowest BCUT2D eigenvalue weighted by molar-refractivity contribution is -0.133. The second-order valence-corrected chi connectivity index (χ2v) is 10.1. The van der Waals surface area contributed by atoms with Gasteiger partial charge in [-0.2, -0.15) is 0 Å². The molecular weight excluding hydrogens is 455 g/mol. The van der Waals surface area contributed by atoms with Gasteiger partial charge in [0, 0.05) is 60.4 Å². The molecule has 5 nitrogen and oxygen atoms in total. The van der Waals surface area contributed by atoms with Crippen LogP contribution in [0, 0.1) is 5.92 Å². The van der Waals surface area contributed by atoms with Gasteiger partial charge >= 0.3 is 0 Å². The number of aromatic nitrogens is 2. The maximum absolute atomic E-state index is 13.3. The lowest BCUT2D eigenvalue weighted by Gasteiger charge is -2.31. The van der Waals surface area contributed by atoms with Gasteiger partial charge in [0.15, 0.2) is 0 Å². The first-order chi connectivity index (χ1) is 15.9. The number of fused-ring (bicyclic) bond motifs is 1. The highest BCUT2D eigenvalue weighted by atomic mass is 35.5. The third-order valence-corrected chi connectivity index (χ3v) is 7.74. The van der Waals surface area contributed by atoms with E-state index in [1.165, 1.54) is 5.69 Å². The zero-order chi connectivity index (χ0) is 23.1. The van der Waals surface area contributed by atoms with Crippen molar-refractivity contribution < 1.29 is 4.79 Å². The number of carbonyl (C=O) groups is 1. The lowest BCUT2D eigenvalue weighted by Crippen LogP contribution is -2.41.